The molecule has 3 unspecified atom stereocenters. The van der Waals surface area contributed by atoms with E-state index >= 15 is 0 Å². The van der Waals surface area contributed by atoms with Crippen LogP contribution in [0, 0.1) is 0 Å². The van der Waals surface area contributed by atoms with Crippen LogP contribution in [-0.2, 0) is 9.59 Å². The first-order valence-electron chi connectivity index (χ1n) is 13.7. The summed E-state index contributed by atoms with van der Waals surface area (Å²) in [7, 11) is 0. The van der Waals surface area contributed by atoms with Gasteiger partial charge in [0.05, 0.1) is 18.1 Å². The molecule has 0 aliphatic heterocycles. The molecule has 0 spiro atoms. The topological polar surface area (TPSA) is 89.9 Å². The number of carbonyl (C=O) groups excluding carboxylic acids is 2. The zero-order valence-electron chi connectivity index (χ0n) is 23.4. The molecule has 3 atom stereocenters. The lowest BCUT2D eigenvalue weighted by Crippen LogP contribution is -2.33. The Morgan fingerprint density at radius 3 is 1.68 bits per heavy atom. The number of hydrogen-bond donors (Lipinski definition) is 3. The number of ketones is 2. The predicted octanol–water partition coefficient (Wildman–Crippen LogP) is 9.52. The minimum Gasteiger partial charge on any atom is -0.316 e. The first-order chi connectivity index (χ1) is 21.1. The fourth-order valence-corrected chi connectivity index (χ4v) is 5.71. The van der Waals surface area contributed by atoms with Gasteiger partial charge in [-0.05, 0) is 76.9 Å². The summed E-state index contributed by atoms with van der Waals surface area (Å²) in [6.45, 7) is 0. The molecule has 0 aliphatic rings. The van der Waals surface area contributed by atoms with E-state index in [4.69, 9.17) is 46.4 Å². The van der Waals surface area contributed by atoms with Crippen molar-refractivity contribution in [3.8, 4) is 0 Å². The number of nitrogens with zero attached hydrogens (tertiary/aromatic N) is 1. The summed E-state index contributed by atoms with van der Waals surface area (Å²) in [5, 5.41) is 24.5. The van der Waals surface area contributed by atoms with Crippen molar-refractivity contribution >= 4 is 64.0 Å². The Bertz CT molecular complexity index is 1630. The molecule has 0 heterocycles. The summed E-state index contributed by atoms with van der Waals surface area (Å²) in [5.74, 6) is -0.534. The van der Waals surface area contributed by atoms with Gasteiger partial charge in [0.25, 0.3) is 0 Å². The first kappa shape index (κ1) is 33.8. The maximum absolute atomic E-state index is 13.5. The zero-order valence-corrected chi connectivity index (χ0v) is 26.4. The summed E-state index contributed by atoms with van der Waals surface area (Å²) in [5.41, 5.74) is 4.71. The lowest BCUT2D eigenvalue weighted by molar-refractivity contribution is -0.172. The van der Waals surface area contributed by atoms with E-state index in [1.54, 1.807) is 97.1 Å². The van der Waals surface area contributed by atoms with Crippen LogP contribution in [-0.4, -0.2) is 27.0 Å². The quantitative estimate of drug-likeness (QED) is 0.0914. The van der Waals surface area contributed by atoms with Crippen LogP contribution in [0.3, 0.4) is 0 Å². The Labute approximate surface area is 276 Å². The molecule has 6 nitrogen and oxygen atoms in total. The SMILES string of the molecule is O=C(/C=C/c1cccc(Cl)c1)CC(c1cccc(Cl)c1)N(O)C(CC(=O)CC(NO)c1cccc(Cl)c1)c1cccc(Cl)c1. The monoisotopic (exact) mass is 670 g/mol. The fourth-order valence-electron chi connectivity index (χ4n) is 4.92. The van der Waals surface area contributed by atoms with Gasteiger partial charge >= 0.3 is 0 Å². The lowest BCUT2D eigenvalue weighted by Gasteiger charge is -2.33. The Balaban J connectivity index is 1.64. The number of halogens is 4. The summed E-state index contributed by atoms with van der Waals surface area (Å²) >= 11 is 24.8. The average molecular weight is 672 g/mol. The van der Waals surface area contributed by atoms with Crippen LogP contribution in [0.15, 0.2) is 103 Å². The van der Waals surface area contributed by atoms with Gasteiger partial charge in [-0.3, -0.25) is 9.59 Å². The molecular weight excluding hydrogens is 642 g/mol. The number of allylic oxidation sites excluding steroid dienone is 1. The van der Waals surface area contributed by atoms with E-state index < -0.39 is 18.1 Å². The van der Waals surface area contributed by atoms with Crippen molar-refractivity contribution in [2.45, 2.75) is 37.4 Å². The maximum Gasteiger partial charge on any atom is 0.157 e. The second-order valence-electron chi connectivity index (χ2n) is 10.3. The van der Waals surface area contributed by atoms with Crippen LogP contribution >= 0.6 is 46.4 Å². The Morgan fingerprint density at radius 1 is 0.682 bits per heavy atom. The molecule has 0 fully saturated rings. The van der Waals surface area contributed by atoms with Gasteiger partial charge in [-0.25, -0.2) is 0 Å². The van der Waals surface area contributed by atoms with Crippen LogP contribution < -0.4 is 5.48 Å². The van der Waals surface area contributed by atoms with Gasteiger partial charge in [0, 0.05) is 39.4 Å². The van der Waals surface area contributed by atoms with Gasteiger partial charge in [-0.2, -0.15) is 10.5 Å². The van der Waals surface area contributed by atoms with Gasteiger partial charge in [0.15, 0.2) is 5.78 Å². The van der Waals surface area contributed by atoms with Crippen LogP contribution in [0.25, 0.3) is 6.08 Å². The number of carbonyl (C=O) groups is 2. The van der Waals surface area contributed by atoms with Crippen LogP contribution in [0.4, 0.5) is 0 Å². The van der Waals surface area contributed by atoms with Crippen molar-refractivity contribution in [2.75, 3.05) is 0 Å². The number of rotatable bonds is 14. The molecule has 0 aliphatic carbocycles. The van der Waals surface area contributed by atoms with E-state index in [-0.39, 0.29) is 30.8 Å². The highest BCUT2D eigenvalue weighted by Gasteiger charge is 2.32. The molecule has 3 N–H and O–H groups in total. The van der Waals surface area contributed by atoms with Crippen molar-refractivity contribution in [1.82, 2.24) is 10.5 Å². The smallest absolute Gasteiger partial charge is 0.157 e. The predicted molar refractivity (Wildman–Crippen MR) is 175 cm³/mol. The molecule has 4 aromatic rings. The van der Waals surface area contributed by atoms with E-state index in [0.29, 0.717) is 36.8 Å². The lowest BCUT2D eigenvalue weighted by atomic mass is 9.92. The molecule has 0 bridgehead atoms. The van der Waals surface area contributed by atoms with E-state index in [9.17, 15) is 20.0 Å². The molecule has 0 aromatic heterocycles. The minimum atomic E-state index is -0.895. The van der Waals surface area contributed by atoms with Gasteiger partial charge in [0.2, 0.25) is 0 Å². The van der Waals surface area contributed by atoms with Gasteiger partial charge in [-0.15, -0.1) is 0 Å². The third kappa shape index (κ3) is 9.73. The van der Waals surface area contributed by atoms with E-state index in [0.717, 1.165) is 10.6 Å². The maximum atomic E-state index is 13.5. The molecular formula is C34H30Cl4N2O4. The standard InChI is InChI=1S/C34H30Cl4N2O4/c35-26-9-1-5-22(15-26)13-14-30(41)20-33(24-7-3-11-28(37)17-24)40(44)34(25-8-4-12-29(38)18-25)21-31(42)19-32(39-43)23-6-2-10-27(36)16-23/h1-18,32-34,39,43-44H,19-21H2/b14-13+. The molecule has 4 rings (SSSR count). The second kappa shape index (κ2) is 16.3. The molecule has 0 saturated heterocycles. The summed E-state index contributed by atoms with van der Waals surface area (Å²) in [6, 6.07) is 25.1. The van der Waals surface area contributed by atoms with Gasteiger partial charge in [-0.1, -0.05) is 101 Å². The average Bonchev–Trinajstić information content (AvgIpc) is 3.00. The van der Waals surface area contributed by atoms with Crippen LogP contribution in [0.1, 0.15) is 59.6 Å². The summed E-state index contributed by atoms with van der Waals surface area (Å²) in [4.78, 5) is 26.8. The van der Waals surface area contributed by atoms with Crippen LogP contribution in [0.5, 0.6) is 0 Å². The highest BCUT2D eigenvalue weighted by molar-refractivity contribution is 6.31. The third-order valence-electron chi connectivity index (χ3n) is 7.07. The Kier molecular flexibility index (Phi) is 12.6. The molecule has 0 amide bonds. The zero-order chi connectivity index (χ0) is 31.6. The molecule has 0 radical (unpaired) electrons. The number of nitrogens with one attached hydrogen (secondary N) is 1. The number of benzene rings is 4. The van der Waals surface area contributed by atoms with Gasteiger partial charge in [0.1, 0.15) is 5.78 Å². The number of hydrogen-bond acceptors (Lipinski definition) is 6. The summed E-state index contributed by atoms with van der Waals surface area (Å²) < 4.78 is 0. The van der Waals surface area contributed by atoms with Crippen molar-refractivity contribution in [1.29, 1.82) is 0 Å². The second-order valence-corrected chi connectivity index (χ2v) is 12.0. The van der Waals surface area contributed by atoms with Crippen molar-refractivity contribution < 1.29 is 20.0 Å². The Hall–Kier alpha value is -3.04. The normalized spacial score (nSPS) is 13.6. The summed E-state index contributed by atoms with van der Waals surface area (Å²) in [6.07, 6.45) is 2.71. The molecule has 0 saturated carbocycles. The van der Waals surface area contributed by atoms with Crippen molar-refractivity contribution in [3.05, 3.63) is 145 Å². The third-order valence-corrected chi connectivity index (χ3v) is 8.01. The Morgan fingerprint density at radius 2 is 1.16 bits per heavy atom. The fraction of sp³-hybridized carbons (Fsp3) is 0.176. The van der Waals surface area contributed by atoms with Crippen molar-refractivity contribution in [3.63, 3.8) is 0 Å². The minimum absolute atomic E-state index is 0.0924. The molecule has 228 valence electrons. The molecule has 4 aromatic carbocycles. The molecule has 44 heavy (non-hydrogen) atoms. The van der Waals surface area contributed by atoms with E-state index in [1.165, 1.54) is 6.08 Å². The van der Waals surface area contributed by atoms with Gasteiger partial charge < -0.3 is 10.4 Å². The van der Waals surface area contributed by atoms with Crippen LogP contribution in [0.2, 0.25) is 20.1 Å². The highest BCUT2D eigenvalue weighted by atomic mass is 35.5. The largest absolute Gasteiger partial charge is 0.316 e. The highest BCUT2D eigenvalue weighted by Crippen LogP contribution is 2.36. The van der Waals surface area contributed by atoms with Crippen molar-refractivity contribution in [2.24, 2.45) is 0 Å². The molecule has 10 heteroatoms. The van der Waals surface area contributed by atoms with E-state index in [1.807, 2.05) is 6.07 Å². The number of Topliss-reactive ketones (excluding diaryl/α,β-unsaturated/α-hetero) is 1. The van der Waals surface area contributed by atoms with E-state index in [2.05, 4.69) is 5.48 Å². The first-order valence-corrected chi connectivity index (χ1v) is 15.3. The number of hydroxylamine groups is 3.